The van der Waals surface area contributed by atoms with E-state index >= 15 is 0 Å². The minimum Gasteiger partial charge on any atom is -0.506 e. The molecule has 2 N–H and O–H groups in total. The van der Waals surface area contributed by atoms with Gasteiger partial charge >= 0.3 is 0 Å². The molecule has 1 heterocycles. The summed E-state index contributed by atoms with van der Waals surface area (Å²) in [5, 5.41) is 13.5. The minimum absolute atomic E-state index is 0. The summed E-state index contributed by atoms with van der Waals surface area (Å²) in [5.41, 5.74) is 1.99. The van der Waals surface area contributed by atoms with Crippen LogP contribution in [-0.2, 0) is 6.42 Å². The number of hydrogen-bond acceptors (Lipinski definition) is 5. The topological polar surface area (TPSA) is 69.6 Å². The predicted octanol–water partition coefficient (Wildman–Crippen LogP) is 2.97. The molecular formula is C22H31IN4O3. The Kier molecular flexibility index (Phi) is 9.35. The SMILES string of the molecule is CN=C(NCCc1cc(OC)ccc1OC)N1CCN(c2ccccc2O)CC1.I. The number of phenolic OH excluding ortho intramolecular Hbond substituents is 1. The average molecular weight is 526 g/mol. The third kappa shape index (κ3) is 5.84. The monoisotopic (exact) mass is 526 g/mol. The number of benzene rings is 2. The highest BCUT2D eigenvalue weighted by atomic mass is 127. The third-order valence-corrected chi connectivity index (χ3v) is 5.18. The Morgan fingerprint density at radius 1 is 1.07 bits per heavy atom. The Hall–Kier alpha value is -2.36. The van der Waals surface area contributed by atoms with E-state index in [0.717, 1.165) is 67.9 Å². The van der Waals surface area contributed by atoms with Crippen molar-refractivity contribution >= 4 is 35.6 Å². The van der Waals surface area contributed by atoms with Crippen LogP contribution in [0.5, 0.6) is 17.2 Å². The van der Waals surface area contributed by atoms with E-state index in [4.69, 9.17) is 9.47 Å². The van der Waals surface area contributed by atoms with Crippen LogP contribution in [0, 0.1) is 0 Å². The van der Waals surface area contributed by atoms with Gasteiger partial charge < -0.3 is 29.7 Å². The maximum absolute atomic E-state index is 10.1. The Labute approximate surface area is 195 Å². The second kappa shape index (κ2) is 11.7. The fourth-order valence-corrected chi connectivity index (χ4v) is 3.61. The number of guanidine groups is 1. The first-order chi connectivity index (χ1) is 14.2. The molecule has 2 aromatic rings. The van der Waals surface area contributed by atoms with Crippen LogP contribution in [0.15, 0.2) is 47.5 Å². The highest BCUT2D eigenvalue weighted by molar-refractivity contribution is 14.0. The van der Waals surface area contributed by atoms with Crippen molar-refractivity contribution in [3.8, 4) is 17.2 Å². The lowest BCUT2D eigenvalue weighted by atomic mass is 10.1. The highest BCUT2D eigenvalue weighted by Crippen LogP contribution is 2.27. The number of halogens is 1. The lowest BCUT2D eigenvalue weighted by Gasteiger charge is -2.37. The van der Waals surface area contributed by atoms with Crippen molar-refractivity contribution in [3.63, 3.8) is 0 Å². The van der Waals surface area contributed by atoms with Crippen molar-refractivity contribution in [3.05, 3.63) is 48.0 Å². The molecule has 3 rings (SSSR count). The number of phenols is 1. The van der Waals surface area contributed by atoms with Gasteiger partial charge in [0.1, 0.15) is 17.2 Å². The zero-order chi connectivity index (χ0) is 20.6. The van der Waals surface area contributed by atoms with E-state index in [0.29, 0.717) is 5.75 Å². The van der Waals surface area contributed by atoms with Gasteiger partial charge in [-0.05, 0) is 42.3 Å². The lowest BCUT2D eigenvalue weighted by Crippen LogP contribution is -2.52. The van der Waals surface area contributed by atoms with Gasteiger partial charge in [-0.1, -0.05) is 12.1 Å². The van der Waals surface area contributed by atoms with Crippen molar-refractivity contribution in [2.24, 2.45) is 4.99 Å². The second-order valence-electron chi connectivity index (χ2n) is 6.86. The van der Waals surface area contributed by atoms with Crippen LogP contribution in [0.2, 0.25) is 0 Å². The molecule has 8 heteroatoms. The van der Waals surface area contributed by atoms with Crippen LogP contribution in [0.25, 0.3) is 0 Å². The van der Waals surface area contributed by atoms with E-state index in [1.165, 1.54) is 0 Å². The van der Waals surface area contributed by atoms with Gasteiger partial charge in [0, 0.05) is 39.8 Å². The zero-order valence-electron chi connectivity index (χ0n) is 17.8. The third-order valence-electron chi connectivity index (χ3n) is 5.18. The first kappa shape index (κ1) is 23.9. The van der Waals surface area contributed by atoms with Crippen molar-refractivity contribution in [2.75, 3.05) is 58.9 Å². The number of anilines is 1. The maximum atomic E-state index is 10.1. The molecule has 0 bridgehead atoms. The number of nitrogens with one attached hydrogen (secondary N) is 1. The number of hydrogen-bond donors (Lipinski definition) is 2. The first-order valence-corrected chi connectivity index (χ1v) is 9.85. The molecule has 1 aliphatic rings. The first-order valence-electron chi connectivity index (χ1n) is 9.85. The molecule has 0 atom stereocenters. The van der Waals surface area contributed by atoms with Crippen molar-refractivity contribution in [2.45, 2.75) is 6.42 Å². The number of ether oxygens (including phenoxy) is 2. The number of para-hydroxylation sites is 2. The van der Waals surface area contributed by atoms with Crippen molar-refractivity contribution in [1.82, 2.24) is 10.2 Å². The predicted molar refractivity (Wildman–Crippen MR) is 132 cm³/mol. The van der Waals surface area contributed by atoms with Gasteiger partial charge in [0.2, 0.25) is 0 Å². The fourth-order valence-electron chi connectivity index (χ4n) is 3.61. The van der Waals surface area contributed by atoms with E-state index < -0.39 is 0 Å². The molecule has 0 unspecified atom stereocenters. The largest absolute Gasteiger partial charge is 0.506 e. The molecule has 0 radical (unpaired) electrons. The molecular weight excluding hydrogens is 495 g/mol. The molecule has 1 fully saturated rings. The van der Waals surface area contributed by atoms with Gasteiger partial charge in [-0.2, -0.15) is 0 Å². The van der Waals surface area contributed by atoms with Gasteiger partial charge in [0.15, 0.2) is 5.96 Å². The van der Waals surface area contributed by atoms with Gasteiger partial charge in [0.25, 0.3) is 0 Å². The van der Waals surface area contributed by atoms with Gasteiger partial charge in [-0.3, -0.25) is 4.99 Å². The molecule has 0 aliphatic carbocycles. The molecule has 0 spiro atoms. The minimum atomic E-state index is 0. The lowest BCUT2D eigenvalue weighted by molar-refractivity contribution is 0.369. The van der Waals surface area contributed by atoms with Crippen molar-refractivity contribution in [1.29, 1.82) is 0 Å². The normalized spacial score (nSPS) is 14.2. The Bertz CT molecular complexity index is 839. The number of methoxy groups -OCH3 is 2. The summed E-state index contributed by atoms with van der Waals surface area (Å²) in [5.74, 6) is 2.91. The average Bonchev–Trinajstić information content (AvgIpc) is 2.77. The van der Waals surface area contributed by atoms with Gasteiger partial charge in [0.05, 0.1) is 19.9 Å². The number of rotatable bonds is 6. The quantitative estimate of drug-likeness (QED) is 0.343. The number of aliphatic imine (C=N–C) groups is 1. The van der Waals surface area contributed by atoms with Crippen LogP contribution in [0.3, 0.4) is 0 Å². The molecule has 0 aromatic heterocycles. The number of piperazine rings is 1. The summed E-state index contributed by atoms with van der Waals surface area (Å²) in [4.78, 5) is 8.90. The Balaban J connectivity index is 0.00000320. The van der Waals surface area contributed by atoms with Gasteiger partial charge in [-0.25, -0.2) is 0 Å². The number of nitrogens with zero attached hydrogens (tertiary/aromatic N) is 3. The maximum Gasteiger partial charge on any atom is 0.193 e. The molecule has 1 aliphatic heterocycles. The second-order valence-corrected chi connectivity index (χ2v) is 6.86. The van der Waals surface area contributed by atoms with Gasteiger partial charge in [-0.15, -0.1) is 24.0 Å². The molecule has 30 heavy (non-hydrogen) atoms. The molecule has 0 amide bonds. The van der Waals surface area contributed by atoms with E-state index in [1.807, 2.05) is 43.4 Å². The Morgan fingerprint density at radius 2 is 1.80 bits per heavy atom. The molecule has 2 aromatic carbocycles. The Morgan fingerprint density at radius 3 is 2.43 bits per heavy atom. The van der Waals surface area contributed by atoms with Crippen LogP contribution < -0.4 is 19.7 Å². The summed E-state index contributed by atoms with van der Waals surface area (Å²) in [6, 6.07) is 13.3. The summed E-state index contributed by atoms with van der Waals surface area (Å²) < 4.78 is 10.8. The molecule has 1 saturated heterocycles. The standard InChI is InChI=1S/C22H30N4O3.HI/c1-23-22(24-11-10-17-16-18(28-2)8-9-21(17)29-3)26-14-12-25(13-15-26)19-6-4-5-7-20(19)27;/h4-9,16,27H,10-15H2,1-3H3,(H,23,24);1H. The van der Waals surface area contributed by atoms with Crippen LogP contribution in [0.4, 0.5) is 5.69 Å². The van der Waals surface area contributed by atoms with E-state index in [9.17, 15) is 5.11 Å². The molecule has 164 valence electrons. The number of aromatic hydroxyl groups is 1. The van der Waals surface area contributed by atoms with E-state index in [-0.39, 0.29) is 24.0 Å². The van der Waals surface area contributed by atoms with Crippen LogP contribution in [-0.4, -0.2) is 70.0 Å². The summed E-state index contributed by atoms with van der Waals surface area (Å²) in [6.45, 7) is 4.10. The summed E-state index contributed by atoms with van der Waals surface area (Å²) in [7, 11) is 5.16. The smallest absolute Gasteiger partial charge is 0.193 e. The molecule has 7 nitrogen and oxygen atoms in total. The molecule has 0 saturated carbocycles. The van der Waals surface area contributed by atoms with Crippen molar-refractivity contribution < 1.29 is 14.6 Å². The zero-order valence-corrected chi connectivity index (χ0v) is 20.1. The van der Waals surface area contributed by atoms with E-state index in [2.05, 4.69) is 20.1 Å². The van der Waals surface area contributed by atoms with Crippen LogP contribution >= 0.6 is 24.0 Å². The summed E-state index contributed by atoms with van der Waals surface area (Å²) >= 11 is 0. The van der Waals surface area contributed by atoms with Crippen LogP contribution in [0.1, 0.15) is 5.56 Å². The van der Waals surface area contributed by atoms with E-state index in [1.54, 1.807) is 20.3 Å². The summed E-state index contributed by atoms with van der Waals surface area (Å²) in [6.07, 6.45) is 0.803. The fraction of sp³-hybridized carbons (Fsp3) is 0.409. The highest BCUT2D eigenvalue weighted by Gasteiger charge is 2.21.